The van der Waals surface area contributed by atoms with Gasteiger partial charge in [-0.3, -0.25) is 9.69 Å². The third kappa shape index (κ3) is 2.61. The highest BCUT2D eigenvalue weighted by molar-refractivity contribution is 5.80. The van der Waals surface area contributed by atoms with Gasteiger partial charge in [-0.25, -0.2) is 0 Å². The van der Waals surface area contributed by atoms with Crippen LogP contribution < -0.4 is 5.73 Å². The van der Waals surface area contributed by atoms with Gasteiger partial charge in [-0.05, 0) is 37.9 Å². The van der Waals surface area contributed by atoms with Gasteiger partial charge in [-0.2, -0.15) is 0 Å². The number of benzene rings is 1. The molecule has 3 nitrogen and oxygen atoms in total. The lowest BCUT2D eigenvalue weighted by Crippen LogP contribution is -2.44. The molecule has 0 bridgehead atoms. The molecule has 0 aromatic heterocycles. The van der Waals surface area contributed by atoms with Crippen molar-refractivity contribution < 1.29 is 4.79 Å². The minimum atomic E-state index is -0.203. The number of rotatable bonds is 4. The number of amides is 1. The first-order chi connectivity index (χ1) is 7.77. The van der Waals surface area contributed by atoms with Crippen LogP contribution in [0.25, 0.3) is 0 Å². The lowest BCUT2D eigenvalue weighted by Gasteiger charge is -2.24. The minimum Gasteiger partial charge on any atom is -0.368 e. The van der Waals surface area contributed by atoms with Gasteiger partial charge in [-0.15, -0.1) is 0 Å². The van der Waals surface area contributed by atoms with E-state index in [1.54, 1.807) is 0 Å². The zero-order valence-electron chi connectivity index (χ0n) is 9.43. The van der Waals surface area contributed by atoms with Crippen LogP contribution in [0.5, 0.6) is 0 Å². The van der Waals surface area contributed by atoms with E-state index in [1.165, 1.54) is 18.4 Å². The zero-order valence-corrected chi connectivity index (χ0v) is 9.43. The fourth-order valence-corrected chi connectivity index (χ4v) is 2.30. The molecule has 1 unspecified atom stereocenters. The highest BCUT2D eigenvalue weighted by Gasteiger charge is 2.26. The first-order valence-corrected chi connectivity index (χ1v) is 5.84. The molecule has 16 heavy (non-hydrogen) atoms. The van der Waals surface area contributed by atoms with Crippen molar-refractivity contribution in [2.45, 2.75) is 25.3 Å². The maximum absolute atomic E-state index is 11.5. The highest BCUT2D eigenvalue weighted by Crippen LogP contribution is 2.15. The molecule has 86 valence electrons. The highest BCUT2D eigenvalue weighted by atomic mass is 16.1. The standard InChI is InChI=1S/C13H18N2O/c14-13(16)12(15-8-4-5-9-15)10-11-6-2-1-3-7-11/h1-3,6-7,12H,4-5,8-10H2,(H2,14,16). The number of primary amides is 1. The van der Waals surface area contributed by atoms with Crippen LogP contribution in [0.3, 0.4) is 0 Å². The molecular formula is C13H18N2O. The Morgan fingerprint density at radius 2 is 1.88 bits per heavy atom. The molecule has 3 heteroatoms. The number of carbonyl (C=O) groups is 1. The van der Waals surface area contributed by atoms with E-state index in [0.717, 1.165) is 19.5 Å². The van der Waals surface area contributed by atoms with Crippen molar-refractivity contribution in [3.05, 3.63) is 35.9 Å². The summed E-state index contributed by atoms with van der Waals surface area (Å²) in [4.78, 5) is 13.7. The Bertz CT molecular complexity index is 344. The molecule has 2 rings (SSSR count). The summed E-state index contributed by atoms with van der Waals surface area (Å²) in [7, 11) is 0. The number of nitrogens with zero attached hydrogens (tertiary/aromatic N) is 1. The first kappa shape index (κ1) is 11.1. The van der Waals surface area contributed by atoms with Gasteiger partial charge >= 0.3 is 0 Å². The summed E-state index contributed by atoms with van der Waals surface area (Å²) < 4.78 is 0. The molecular weight excluding hydrogens is 200 g/mol. The number of carbonyl (C=O) groups excluding carboxylic acids is 1. The summed E-state index contributed by atoms with van der Waals surface area (Å²) >= 11 is 0. The van der Waals surface area contributed by atoms with E-state index in [1.807, 2.05) is 30.3 Å². The fraction of sp³-hybridized carbons (Fsp3) is 0.462. The number of likely N-dealkylation sites (tertiary alicyclic amines) is 1. The molecule has 1 atom stereocenters. The quantitative estimate of drug-likeness (QED) is 0.825. The van der Waals surface area contributed by atoms with Crippen molar-refractivity contribution in [3.63, 3.8) is 0 Å². The third-order valence-corrected chi connectivity index (χ3v) is 3.18. The van der Waals surface area contributed by atoms with E-state index < -0.39 is 0 Å². The van der Waals surface area contributed by atoms with E-state index >= 15 is 0 Å². The van der Waals surface area contributed by atoms with Crippen LogP contribution in [0.1, 0.15) is 18.4 Å². The topological polar surface area (TPSA) is 46.3 Å². The van der Waals surface area contributed by atoms with Crippen molar-refractivity contribution in [2.75, 3.05) is 13.1 Å². The Kier molecular flexibility index (Phi) is 3.57. The first-order valence-electron chi connectivity index (χ1n) is 5.84. The predicted molar refractivity (Wildman–Crippen MR) is 63.9 cm³/mol. The zero-order chi connectivity index (χ0) is 11.4. The molecule has 0 saturated carbocycles. The second-order valence-corrected chi connectivity index (χ2v) is 4.35. The normalized spacial score (nSPS) is 18.5. The van der Waals surface area contributed by atoms with Crippen molar-refractivity contribution >= 4 is 5.91 Å². The Morgan fingerprint density at radius 1 is 1.25 bits per heavy atom. The van der Waals surface area contributed by atoms with Crippen molar-refractivity contribution in [1.29, 1.82) is 0 Å². The Labute approximate surface area is 96.2 Å². The van der Waals surface area contributed by atoms with E-state index in [2.05, 4.69) is 4.90 Å². The molecule has 1 aliphatic heterocycles. The Morgan fingerprint density at radius 3 is 2.44 bits per heavy atom. The van der Waals surface area contributed by atoms with Gasteiger partial charge in [0.15, 0.2) is 0 Å². The molecule has 1 amide bonds. The summed E-state index contributed by atoms with van der Waals surface area (Å²) in [5.41, 5.74) is 6.66. The van der Waals surface area contributed by atoms with Crippen LogP contribution in [0.2, 0.25) is 0 Å². The Balaban J connectivity index is 2.05. The molecule has 1 aromatic rings. The molecule has 0 spiro atoms. The van der Waals surface area contributed by atoms with Crippen molar-refractivity contribution in [2.24, 2.45) is 5.73 Å². The predicted octanol–water partition coefficient (Wildman–Crippen LogP) is 1.18. The van der Waals surface area contributed by atoms with Gasteiger partial charge in [-0.1, -0.05) is 30.3 Å². The lowest BCUT2D eigenvalue weighted by molar-refractivity contribution is -0.122. The van der Waals surface area contributed by atoms with Gasteiger partial charge in [0, 0.05) is 0 Å². The average Bonchev–Trinajstić information content (AvgIpc) is 2.80. The SMILES string of the molecule is NC(=O)C(Cc1ccccc1)N1CCCC1. The van der Waals surface area contributed by atoms with E-state index in [0.29, 0.717) is 0 Å². The smallest absolute Gasteiger partial charge is 0.235 e. The molecule has 0 aliphatic carbocycles. The molecule has 1 aromatic carbocycles. The maximum atomic E-state index is 11.5. The van der Waals surface area contributed by atoms with Crippen LogP contribution in [0.4, 0.5) is 0 Å². The summed E-state index contributed by atoms with van der Waals surface area (Å²) in [5, 5.41) is 0. The molecule has 1 fully saturated rings. The summed E-state index contributed by atoms with van der Waals surface area (Å²) in [6, 6.07) is 9.94. The van der Waals surface area contributed by atoms with E-state index in [9.17, 15) is 4.79 Å². The maximum Gasteiger partial charge on any atom is 0.235 e. The number of nitrogens with two attached hydrogens (primary N) is 1. The summed E-state index contributed by atoms with van der Waals surface area (Å²) in [5.74, 6) is -0.203. The number of hydrogen-bond donors (Lipinski definition) is 1. The van der Waals surface area contributed by atoms with Gasteiger partial charge < -0.3 is 5.73 Å². The lowest BCUT2D eigenvalue weighted by atomic mass is 10.0. The van der Waals surface area contributed by atoms with Crippen LogP contribution in [0, 0.1) is 0 Å². The Hall–Kier alpha value is -1.35. The number of hydrogen-bond acceptors (Lipinski definition) is 2. The average molecular weight is 218 g/mol. The molecule has 1 aliphatic rings. The van der Waals surface area contributed by atoms with Gasteiger partial charge in [0.1, 0.15) is 0 Å². The molecule has 1 saturated heterocycles. The van der Waals surface area contributed by atoms with Gasteiger partial charge in [0.2, 0.25) is 5.91 Å². The second-order valence-electron chi connectivity index (χ2n) is 4.35. The van der Waals surface area contributed by atoms with Crippen molar-refractivity contribution in [3.8, 4) is 0 Å². The van der Waals surface area contributed by atoms with E-state index in [4.69, 9.17) is 5.73 Å². The fourth-order valence-electron chi connectivity index (χ4n) is 2.30. The van der Waals surface area contributed by atoms with E-state index in [-0.39, 0.29) is 11.9 Å². The van der Waals surface area contributed by atoms with Crippen LogP contribution in [-0.4, -0.2) is 29.9 Å². The van der Waals surface area contributed by atoms with Crippen LogP contribution in [0.15, 0.2) is 30.3 Å². The molecule has 1 heterocycles. The molecule has 0 radical (unpaired) electrons. The van der Waals surface area contributed by atoms with Crippen molar-refractivity contribution in [1.82, 2.24) is 4.90 Å². The van der Waals surface area contributed by atoms with Crippen LogP contribution >= 0.6 is 0 Å². The van der Waals surface area contributed by atoms with Gasteiger partial charge in [0.25, 0.3) is 0 Å². The second kappa shape index (κ2) is 5.12. The third-order valence-electron chi connectivity index (χ3n) is 3.18. The van der Waals surface area contributed by atoms with Gasteiger partial charge in [0.05, 0.1) is 6.04 Å². The minimum absolute atomic E-state index is 0.134. The van der Waals surface area contributed by atoms with Crippen LogP contribution in [-0.2, 0) is 11.2 Å². The largest absolute Gasteiger partial charge is 0.368 e. The summed E-state index contributed by atoms with van der Waals surface area (Å²) in [6.07, 6.45) is 3.09. The monoisotopic (exact) mass is 218 g/mol. The summed E-state index contributed by atoms with van der Waals surface area (Å²) in [6.45, 7) is 2.00. The molecule has 2 N–H and O–H groups in total.